The minimum Gasteiger partial charge on any atom is -0.454 e. The average Bonchev–Trinajstić information content (AvgIpc) is 2.95. The molecule has 1 aromatic carbocycles. The maximum absolute atomic E-state index is 5.45. The summed E-state index contributed by atoms with van der Waals surface area (Å²) in [7, 11) is 3.87. The van der Waals surface area contributed by atoms with Crippen molar-refractivity contribution in [2.24, 2.45) is 7.05 Å². The molecule has 3 rings (SSSR count). The molecule has 0 amide bonds. The first kappa shape index (κ1) is 12.0. The Balaban J connectivity index is 2.06. The second-order valence-corrected chi connectivity index (χ2v) is 4.70. The second-order valence-electron chi connectivity index (χ2n) is 4.70. The summed E-state index contributed by atoms with van der Waals surface area (Å²) in [6.45, 7) is 3.13. The van der Waals surface area contributed by atoms with Crippen LogP contribution in [0.5, 0.6) is 11.5 Å². The van der Waals surface area contributed by atoms with E-state index in [1.807, 2.05) is 30.9 Å². The lowest BCUT2D eigenvalue weighted by molar-refractivity contribution is 0.174. The number of rotatable bonds is 3. The van der Waals surface area contributed by atoms with Crippen molar-refractivity contribution in [3.63, 3.8) is 0 Å². The number of nitrogens with zero attached hydrogens (tertiary/aromatic N) is 2. The standard InChI is InChI=1S/C14H17N3O2/c1-9-4-13-14(19-8-18-13)6-11(9)12-5-10(7-15-2)16-17(12)3/h4-6,15H,7-8H2,1-3H3. The first-order chi connectivity index (χ1) is 9.19. The molecule has 0 radical (unpaired) electrons. The SMILES string of the molecule is CNCc1cc(-c2cc3c(cc2C)OCO3)n(C)n1. The van der Waals surface area contributed by atoms with Gasteiger partial charge in [0.1, 0.15) is 0 Å². The molecule has 5 heteroatoms. The fourth-order valence-electron chi connectivity index (χ4n) is 2.37. The van der Waals surface area contributed by atoms with Crippen LogP contribution in [0.25, 0.3) is 11.3 Å². The van der Waals surface area contributed by atoms with Crippen molar-refractivity contribution >= 4 is 0 Å². The Morgan fingerprint density at radius 2 is 2.00 bits per heavy atom. The van der Waals surface area contributed by atoms with Gasteiger partial charge in [0, 0.05) is 19.2 Å². The van der Waals surface area contributed by atoms with Crippen molar-refractivity contribution in [3.05, 3.63) is 29.5 Å². The Hall–Kier alpha value is -2.01. The third kappa shape index (κ3) is 2.06. The van der Waals surface area contributed by atoms with Gasteiger partial charge in [-0.15, -0.1) is 0 Å². The summed E-state index contributed by atoms with van der Waals surface area (Å²) in [5.74, 6) is 1.62. The zero-order valence-electron chi connectivity index (χ0n) is 11.4. The largest absolute Gasteiger partial charge is 0.454 e. The van der Waals surface area contributed by atoms with Crippen molar-refractivity contribution in [3.8, 4) is 22.8 Å². The number of aryl methyl sites for hydroxylation is 2. The van der Waals surface area contributed by atoms with Gasteiger partial charge in [-0.05, 0) is 37.7 Å². The number of aromatic nitrogens is 2. The van der Waals surface area contributed by atoms with Crippen LogP contribution in [0.4, 0.5) is 0 Å². The van der Waals surface area contributed by atoms with E-state index in [-0.39, 0.29) is 0 Å². The molecule has 0 bridgehead atoms. The Labute approximate surface area is 112 Å². The number of ether oxygens (including phenoxy) is 2. The van der Waals surface area contributed by atoms with Crippen LogP contribution < -0.4 is 14.8 Å². The van der Waals surface area contributed by atoms with E-state index >= 15 is 0 Å². The van der Waals surface area contributed by atoms with E-state index < -0.39 is 0 Å². The Morgan fingerprint density at radius 3 is 2.74 bits per heavy atom. The predicted octanol–water partition coefficient (Wildman–Crippen LogP) is 1.84. The van der Waals surface area contributed by atoms with E-state index in [2.05, 4.69) is 23.4 Å². The molecule has 0 atom stereocenters. The molecule has 100 valence electrons. The van der Waals surface area contributed by atoms with Gasteiger partial charge in [-0.2, -0.15) is 5.10 Å². The number of fused-ring (bicyclic) bond motifs is 1. The lowest BCUT2D eigenvalue weighted by Gasteiger charge is -2.07. The summed E-state index contributed by atoms with van der Waals surface area (Å²) in [6.07, 6.45) is 0. The first-order valence-electron chi connectivity index (χ1n) is 6.27. The van der Waals surface area contributed by atoms with Crippen LogP contribution >= 0.6 is 0 Å². The minimum atomic E-state index is 0.300. The molecule has 5 nitrogen and oxygen atoms in total. The molecule has 1 aromatic heterocycles. The summed E-state index contributed by atoms with van der Waals surface area (Å²) in [6, 6.07) is 6.14. The lowest BCUT2D eigenvalue weighted by Crippen LogP contribution is -2.05. The molecule has 0 aliphatic carbocycles. The van der Waals surface area contributed by atoms with Crippen LogP contribution in [-0.2, 0) is 13.6 Å². The fourth-order valence-corrected chi connectivity index (χ4v) is 2.37. The zero-order chi connectivity index (χ0) is 13.4. The van der Waals surface area contributed by atoms with Crippen LogP contribution in [0.2, 0.25) is 0 Å². The van der Waals surface area contributed by atoms with E-state index in [4.69, 9.17) is 9.47 Å². The number of hydrogen-bond donors (Lipinski definition) is 1. The summed E-state index contributed by atoms with van der Waals surface area (Å²) < 4.78 is 12.7. The summed E-state index contributed by atoms with van der Waals surface area (Å²) >= 11 is 0. The minimum absolute atomic E-state index is 0.300. The molecule has 0 saturated carbocycles. The van der Waals surface area contributed by atoms with Gasteiger partial charge in [-0.3, -0.25) is 4.68 Å². The number of hydrogen-bond acceptors (Lipinski definition) is 4. The van der Waals surface area contributed by atoms with Crippen molar-refractivity contribution in [2.45, 2.75) is 13.5 Å². The molecular formula is C14H17N3O2. The van der Waals surface area contributed by atoms with E-state index in [0.29, 0.717) is 6.79 Å². The first-order valence-corrected chi connectivity index (χ1v) is 6.27. The highest BCUT2D eigenvalue weighted by molar-refractivity contribution is 5.69. The maximum atomic E-state index is 5.45. The molecule has 0 saturated heterocycles. The van der Waals surface area contributed by atoms with Crippen LogP contribution in [-0.4, -0.2) is 23.6 Å². The zero-order valence-corrected chi connectivity index (χ0v) is 11.4. The van der Waals surface area contributed by atoms with Crippen LogP contribution in [0.1, 0.15) is 11.3 Å². The van der Waals surface area contributed by atoms with Gasteiger partial charge in [0.25, 0.3) is 0 Å². The molecule has 1 N–H and O–H groups in total. The third-order valence-corrected chi connectivity index (χ3v) is 3.28. The molecule has 2 heterocycles. The van der Waals surface area contributed by atoms with Gasteiger partial charge in [-0.25, -0.2) is 0 Å². The fraction of sp³-hybridized carbons (Fsp3) is 0.357. The molecular weight excluding hydrogens is 242 g/mol. The predicted molar refractivity (Wildman–Crippen MR) is 72.3 cm³/mol. The molecule has 1 aliphatic rings. The smallest absolute Gasteiger partial charge is 0.231 e. The second kappa shape index (κ2) is 4.59. The van der Waals surface area contributed by atoms with Crippen molar-refractivity contribution < 1.29 is 9.47 Å². The van der Waals surface area contributed by atoms with Crippen molar-refractivity contribution in [1.82, 2.24) is 15.1 Å². The molecule has 0 unspecified atom stereocenters. The molecule has 1 aliphatic heterocycles. The monoisotopic (exact) mass is 259 g/mol. The summed E-state index contributed by atoms with van der Waals surface area (Å²) in [4.78, 5) is 0. The van der Waals surface area contributed by atoms with Gasteiger partial charge in [0.15, 0.2) is 11.5 Å². The lowest BCUT2D eigenvalue weighted by atomic mass is 10.0. The quantitative estimate of drug-likeness (QED) is 0.913. The molecule has 2 aromatic rings. The van der Waals surface area contributed by atoms with Gasteiger partial charge < -0.3 is 14.8 Å². The number of nitrogens with one attached hydrogen (secondary N) is 1. The Bertz CT molecular complexity index is 619. The third-order valence-electron chi connectivity index (χ3n) is 3.28. The Morgan fingerprint density at radius 1 is 1.26 bits per heavy atom. The molecule has 19 heavy (non-hydrogen) atoms. The van der Waals surface area contributed by atoms with Gasteiger partial charge in [0.05, 0.1) is 11.4 Å². The number of benzene rings is 1. The van der Waals surface area contributed by atoms with Crippen LogP contribution in [0.3, 0.4) is 0 Å². The highest BCUT2D eigenvalue weighted by atomic mass is 16.7. The van der Waals surface area contributed by atoms with Crippen LogP contribution in [0, 0.1) is 6.92 Å². The topological polar surface area (TPSA) is 48.3 Å². The van der Waals surface area contributed by atoms with E-state index in [9.17, 15) is 0 Å². The normalized spacial score (nSPS) is 13.0. The summed E-state index contributed by atoms with van der Waals surface area (Å²) in [5, 5.41) is 7.61. The van der Waals surface area contributed by atoms with Crippen LogP contribution in [0.15, 0.2) is 18.2 Å². The van der Waals surface area contributed by atoms with Gasteiger partial charge in [0.2, 0.25) is 6.79 Å². The van der Waals surface area contributed by atoms with Crippen molar-refractivity contribution in [1.29, 1.82) is 0 Å². The highest BCUT2D eigenvalue weighted by Gasteiger charge is 2.18. The van der Waals surface area contributed by atoms with Gasteiger partial charge in [-0.1, -0.05) is 0 Å². The molecule has 0 spiro atoms. The van der Waals surface area contributed by atoms with Gasteiger partial charge >= 0.3 is 0 Å². The Kier molecular flexibility index (Phi) is 2.91. The molecule has 0 fully saturated rings. The maximum Gasteiger partial charge on any atom is 0.231 e. The average molecular weight is 259 g/mol. The van der Waals surface area contributed by atoms with Crippen molar-refractivity contribution in [2.75, 3.05) is 13.8 Å². The summed E-state index contributed by atoms with van der Waals surface area (Å²) in [5.41, 5.74) is 4.39. The highest BCUT2D eigenvalue weighted by Crippen LogP contribution is 2.38. The van der Waals surface area contributed by atoms with E-state index in [0.717, 1.165) is 40.6 Å². The van der Waals surface area contributed by atoms with E-state index in [1.165, 1.54) is 0 Å². The van der Waals surface area contributed by atoms with E-state index in [1.54, 1.807) is 0 Å².